The summed E-state index contributed by atoms with van der Waals surface area (Å²) in [5.41, 5.74) is 0. The van der Waals surface area contributed by atoms with Crippen LogP contribution in [-0.4, -0.2) is 37.7 Å². The zero-order chi connectivity index (χ0) is 9.56. The SMILES string of the molecule is CC1CCN(C)CC1.O=S(=O)=O. The summed E-state index contributed by atoms with van der Waals surface area (Å²) in [6.07, 6.45) is 2.80. The first-order chi connectivity index (χ1) is 5.52. The Balaban J connectivity index is 0.000000261. The van der Waals surface area contributed by atoms with Crippen molar-refractivity contribution >= 4 is 10.6 Å². The van der Waals surface area contributed by atoms with Crippen LogP contribution in [0.2, 0.25) is 0 Å². The molecule has 1 heterocycles. The van der Waals surface area contributed by atoms with Crippen molar-refractivity contribution in [2.24, 2.45) is 5.92 Å². The molecule has 0 spiro atoms. The van der Waals surface area contributed by atoms with Gasteiger partial charge in [-0.2, -0.15) is 0 Å². The van der Waals surface area contributed by atoms with E-state index in [9.17, 15) is 0 Å². The lowest BCUT2D eigenvalue weighted by atomic mass is 10.00. The van der Waals surface area contributed by atoms with Crippen LogP contribution in [-0.2, 0) is 10.6 Å². The molecule has 0 aromatic heterocycles. The van der Waals surface area contributed by atoms with E-state index in [0.29, 0.717) is 0 Å². The highest BCUT2D eigenvalue weighted by Crippen LogP contribution is 2.13. The van der Waals surface area contributed by atoms with Gasteiger partial charge in [0.25, 0.3) is 0 Å². The van der Waals surface area contributed by atoms with Crippen LogP contribution >= 0.6 is 0 Å². The van der Waals surface area contributed by atoms with Gasteiger partial charge >= 0.3 is 10.6 Å². The smallest absolute Gasteiger partial charge is 0.306 e. The first-order valence-electron chi connectivity index (χ1n) is 3.97. The van der Waals surface area contributed by atoms with Crippen LogP contribution in [0.15, 0.2) is 0 Å². The maximum absolute atomic E-state index is 8.44. The fourth-order valence-electron chi connectivity index (χ4n) is 1.14. The number of likely N-dealkylation sites (tertiary alicyclic amines) is 1. The summed E-state index contributed by atoms with van der Waals surface area (Å²) in [5.74, 6) is 0.978. The standard InChI is InChI=1S/C7H15N.O3S/c1-7-3-5-8(2)6-4-7;1-4(2)3/h7H,3-6H2,1-2H3;. The lowest BCUT2D eigenvalue weighted by Crippen LogP contribution is -2.28. The molecule has 0 aromatic rings. The van der Waals surface area contributed by atoms with Crippen molar-refractivity contribution in [3.05, 3.63) is 0 Å². The van der Waals surface area contributed by atoms with Crippen LogP contribution in [0, 0.1) is 5.92 Å². The van der Waals surface area contributed by atoms with Crippen LogP contribution in [0.1, 0.15) is 19.8 Å². The molecule has 4 nitrogen and oxygen atoms in total. The van der Waals surface area contributed by atoms with Crippen molar-refractivity contribution in [2.75, 3.05) is 20.1 Å². The Labute approximate surface area is 74.6 Å². The third kappa shape index (κ3) is 7.68. The van der Waals surface area contributed by atoms with E-state index in [1.807, 2.05) is 0 Å². The zero-order valence-electron chi connectivity index (χ0n) is 7.49. The summed E-state index contributed by atoms with van der Waals surface area (Å²) in [6.45, 7) is 4.95. The average Bonchev–Trinajstić information content (AvgIpc) is 1.94. The van der Waals surface area contributed by atoms with Crippen LogP contribution in [0.4, 0.5) is 0 Å². The fraction of sp³-hybridized carbons (Fsp3) is 1.00. The summed E-state index contributed by atoms with van der Waals surface area (Å²) < 4.78 is 25.3. The van der Waals surface area contributed by atoms with E-state index in [0.717, 1.165) is 5.92 Å². The first kappa shape index (κ1) is 11.6. The van der Waals surface area contributed by atoms with E-state index in [1.165, 1.54) is 25.9 Å². The number of rotatable bonds is 0. The Bertz CT molecular complexity index is 185. The highest BCUT2D eigenvalue weighted by atomic mass is 32.2. The topological polar surface area (TPSA) is 54.5 Å². The number of hydrogen-bond acceptors (Lipinski definition) is 4. The van der Waals surface area contributed by atoms with Gasteiger partial charge in [0.05, 0.1) is 0 Å². The highest BCUT2D eigenvalue weighted by Gasteiger charge is 2.10. The summed E-state index contributed by atoms with van der Waals surface area (Å²) in [6, 6.07) is 0. The Morgan fingerprint density at radius 1 is 1.17 bits per heavy atom. The second kappa shape index (κ2) is 6.14. The molecule has 1 aliphatic rings. The highest BCUT2D eigenvalue weighted by molar-refractivity contribution is 7.59. The minimum atomic E-state index is -3.11. The van der Waals surface area contributed by atoms with Crippen molar-refractivity contribution in [1.82, 2.24) is 4.90 Å². The second-order valence-electron chi connectivity index (χ2n) is 3.19. The molecule has 0 radical (unpaired) electrons. The van der Waals surface area contributed by atoms with Gasteiger partial charge < -0.3 is 4.90 Å². The molecule has 0 bridgehead atoms. The predicted molar refractivity (Wildman–Crippen MR) is 45.6 cm³/mol. The number of nitrogens with zero attached hydrogens (tertiary/aromatic N) is 1. The molecule has 12 heavy (non-hydrogen) atoms. The maximum Gasteiger partial charge on any atom is 0.425 e. The Kier molecular flexibility index (Phi) is 5.92. The summed E-state index contributed by atoms with van der Waals surface area (Å²) in [5, 5.41) is 0. The minimum absolute atomic E-state index is 0.978. The molecule has 0 aromatic carbocycles. The zero-order valence-corrected chi connectivity index (χ0v) is 8.30. The monoisotopic (exact) mass is 193 g/mol. The molecule has 0 saturated carbocycles. The number of piperidine rings is 1. The van der Waals surface area contributed by atoms with Crippen LogP contribution in [0.25, 0.3) is 0 Å². The summed E-state index contributed by atoms with van der Waals surface area (Å²) in [4.78, 5) is 2.40. The average molecular weight is 193 g/mol. The molecule has 0 unspecified atom stereocenters. The molecule has 1 saturated heterocycles. The van der Waals surface area contributed by atoms with Gasteiger partial charge in [0.15, 0.2) is 0 Å². The Hall–Kier alpha value is -0.420. The summed E-state index contributed by atoms with van der Waals surface area (Å²) in [7, 11) is -0.911. The molecule has 0 atom stereocenters. The van der Waals surface area contributed by atoms with Gasteiger partial charge in [-0.15, -0.1) is 12.6 Å². The minimum Gasteiger partial charge on any atom is -0.306 e. The van der Waals surface area contributed by atoms with Gasteiger partial charge in [0.1, 0.15) is 0 Å². The van der Waals surface area contributed by atoms with E-state index in [2.05, 4.69) is 18.9 Å². The molecule has 0 amide bonds. The van der Waals surface area contributed by atoms with Crippen LogP contribution in [0.3, 0.4) is 0 Å². The van der Waals surface area contributed by atoms with Crippen molar-refractivity contribution in [1.29, 1.82) is 0 Å². The predicted octanol–water partition coefficient (Wildman–Crippen LogP) is 0.344. The normalized spacial score (nSPS) is 19.5. The molecule has 1 aliphatic heterocycles. The molecule has 0 N–H and O–H groups in total. The molecular weight excluding hydrogens is 178 g/mol. The van der Waals surface area contributed by atoms with Gasteiger partial charge in [-0.05, 0) is 38.9 Å². The largest absolute Gasteiger partial charge is 0.425 e. The third-order valence-electron chi connectivity index (χ3n) is 2.01. The lowest BCUT2D eigenvalue weighted by molar-refractivity contribution is 0.230. The molecule has 5 heteroatoms. The number of hydrogen-bond donors (Lipinski definition) is 0. The maximum atomic E-state index is 8.44. The molecule has 0 aliphatic carbocycles. The lowest BCUT2D eigenvalue weighted by Gasteiger charge is -2.26. The fourth-order valence-corrected chi connectivity index (χ4v) is 1.14. The van der Waals surface area contributed by atoms with Gasteiger partial charge in [-0.1, -0.05) is 6.92 Å². The third-order valence-corrected chi connectivity index (χ3v) is 2.01. The van der Waals surface area contributed by atoms with Gasteiger partial charge in [-0.25, -0.2) is 0 Å². The van der Waals surface area contributed by atoms with Crippen LogP contribution in [0.5, 0.6) is 0 Å². The van der Waals surface area contributed by atoms with E-state index in [4.69, 9.17) is 12.6 Å². The molecular formula is C7H15NO3S. The molecule has 1 rings (SSSR count). The summed E-state index contributed by atoms with van der Waals surface area (Å²) >= 11 is 0. The van der Waals surface area contributed by atoms with E-state index < -0.39 is 10.6 Å². The van der Waals surface area contributed by atoms with Crippen molar-refractivity contribution in [2.45, 2.75) is 19.8 Å². The van der Waals surface area contributed by atoms with E-state index >= 15 is 0 Å². The van der Waals surface area contributed by atoms with Crippen molar-refractivity contribution < 1.29 is 12.6 Å². The first-order valence-corrected chi connectivity index (χ1v) is 4.97. The molecule has 72 valence electrons. The van der Waals surface area contributed by atoms with Crippen molar-refractivity contribution in [3.63, 3.8) is 0 Å². The quantitative estimate of drug-likeness (QED) is 0.557. The van der Waals surface area contributed by atoms with Gasteiger partial charge in [0, 0.05) is 0 Å². The van der Waals surface area contributed by atoms with E-state index in [1.54, 1.807) is 0 Å². The van der Waals surface area contributed by atoms with Gasteiger partial charge in [0.2, 0.25) is 0 Å². The second-order valence-corrected chi connectivity index (χ2v) is 3.60. The Morgan fingerprint density at radius 2 is 1.50 bits per heavy atom. The van der Waals surface area contributed by atoms with Crippen molar-refractivity contribution in [3.8, 4) is 0 Å². The van der Waals surface area contributed by atoms with E-state index in [-0.39, 0.29) is 0 Å². The van der Waals surface area contributed by atoms with Crippen LogP contribution < -0.4 is 0 Å². The molecule has 1 fully saturated rings. The Morgan fingerprint density at radius 3 is 1.75 bits per heavy atom. The van der Waals surface area contributed by atoms with Gasteiger partial charge in [-0.3, -0.25) is 0 Å².